The van der Waals surface area contributed by atoms with Gasteiger partial charge in [-0.15, -0.1) is 11.8 Å². The molecular formula is C11H15N3S. The van der Waals surface area contributed by atoms with Gasteiger partial charge < -0.3 is 10.3 Å². The summed E-state index contributed by atoms with van der Waals surface area (Å²) < 4.78 is 0. The van der Waals surface area contributed by atoms with Crippen LogP contribution >= 0.6 is 11.8 Å². The van der Waals surface area contributed by atoms with E-state index in [4.69, 9.17) is 0 Å². The van der Waals surface area contributed by atoms with E-state index in [-0.39, 0.29) is 0 Å². The van der Waals surface area contributed by atoms with Crippen LogP contribution in [0.4, 0.5) is 5.95 Å². The highest BCUT2D eigenvalue weighted by atomic mass is 32.2. The summed E-state index contributed by atoms with van der Waals surface area (Å²) in [6.45, 7) is 2.20. The summed E-state index contributed by atoms with van der Waals surface area (Å²) in [5.74, 6) is 1.99. The van der Waals surface area contributed by atoms with Crippen molar-refractivity contribution in [2.45, 2.75) is 18.2 Å². The number of anilines is 1. The lowest BCUT2D eigenvalue weighted by Gasteiger charge is -1.98. The summed E-state index contributed by atoms with van der Waals surface area (Å²) in [5, 5.41) is 3.01. The molecular weight excluding hydrogens is 206 g/mol. The van der Waals surface area contributed by atoms with Crippen molar-refractivity contribution in [1.82, 2.24) is 9.97 Å². The maximum atomic E-state index is 4.38. The zero-order valence-electron chi connectivity index (χ0n) is 9.00. The van der Waals surface area contributed by atoms with Gasteiger partial charge in [0.15, 0.2) is 0 Å². The van der Waals surface area contributed by atoms with Gasteiger partial charge in [-0.3, -0.25) is 0 Å². The first kappa shape index (κ1) is 10.4. The molecule has 15 heavy (non-hydrogen) atoms. The Bertz CT molecular complexity index is 450. The molecule has 0 atom stereocenters. The number of rotatable bonds is 4. The van der Waals surface area contributed by atoms with Gasteiger partial charge in [-0.25, -0.2) is 4.98 Å². The van der Waals surface area contributed by atoms with E-state index in [0.717, 1.165) is 17.0 Å². The Morgan fingerprint density at radius 2 is 2.33 bits per heavy atom. The van der Waals surface area contributed by atoms with Gasteiger partial charge in [0.1, 0.15) is 0 Å². The number of benzene rings is 1. The molecule has 0 fully saturated rings. The van der Waals surface area contributed by atoms with Gasteiger partial charge in [0.25, 0.3) is 0 Å². The number of nitrogens with one attached hydrogen (secondary N) is 2. The second-order valence-electron chi connectivity index (χ2n) is 3.36. The van der Waals surface area contributed by atoms with E-state index in [2.05, 4.69) is 40.4 Å². The van der Waals surface area contributed by atoms with Gasteiger partial charge >= 0.3 is 0 Å². The number of hydrogen-bond donors (Lipinski definition) is 2. The number of aromatic amines is 1. The Balaban J connectivity index is 2.29. The lowest BCUT2D eigenvalue weighted by molar-refractivity contribution is 1.10. The Morgan fingerprint density at radius 3 is 3.07 bits per heavy atom. The summed E-state index contributed by atoms with van der Waals surface area (Å²) in [6, 6.07) is 6.34. The van der Waals surface area contributed by atoms with Crippen molar-refractivity contribution in [1.29, 1.82) is 0 Å². The maximum Gasteiger partial charge on any atom is 0.200 e. The van der Waals surface area contributed by atoms with E-state index < -0.39 is 0 Å². The topological polar surface area (TPSA) is 40.7 Å². The third-order valence-corrected chi connectivity index (χ3v) is 3.36. The van der Waals surface area contributed by atoms with E-state index in [0.29, 0.717) is 0 Å². The summed E-state index contributed by atoms with van der Waals surface area (Å²) >= 11 is 1.88. The number of aromatic nitrogens is 2. The summed E-state index contributed by atoms with van der Waals surface area (Å²) in [4.78, 5) is 8.90. The van der Waals surface area contributed by atoms with Crippen molar-refractivity contribution >= 4 is 28.7 Å². The van der Waals surface area contributed by atoms with Crippen LogP contribution in [0, 0.1) is 0 Å². The molecule has 0 spiro atoms. The Hall–Kier alpha value is -1.16. The minimum Gasteiger partial charge on any atom is -0.359 e. The van der Waals surface area contributed by atoms with Gasteiger partial charge in [-0.2, -0.15) is 0 Å². The first-order valence-corrected chi connectivity index (χ1v) is 6.12. The number of imidazole rings is 1. The quantitative estimate of drug-likeness (QED) is 0.779. The second-order valence-corrected chi connectivity index (χ2v) is 4.53. The van der Waals surface area contributed by atoms with Gasteiger partial charge in [0, 0.05) is 11.9 Å². The van der Waals surface area contributed by atoms with E-state index in [1.54, 1.807) is 0 Å². The van der Waals surface area contributed by atoms with Gasteiger partial charge in [-0.05, 0) is 30.4 Å². The number of fused-ring (bicyclic) bond motifs is 1. The molecule has 2 aromatic rings. The van der Waals surface area contributed by atoms with E-state index >= 15 is 0 Å². The van der Waals surface area contributed by atoms with Crippen LogP contribution in [0.3, 0.4) is 0 Å². The molecule has 0 radical (unpaired) electrons. The predicted octanol–water partition coefficient (Wildman–Crippen LogP) is 3.11. The molecule has 3 nitrogen and oxygen atoms in total. The molecule has 4 heteroatoms. The predicted molar refractivity (Wildman–Crippen MR) is 66.7 cm³/mol. The van der Waals surface area contributed by atoms with Crippen molar-refractivity contribution in [3.8, 4) is 0 Å². The highest BCUT2D eigenvalue weighted by molar-refractivity contribution is 7.99. The molecule has 0 amide bonds. The second kappa shape index (κ2) is 4.57. The first-order chi connectivity index (χ1) is 7.33. The molecule has 0 saturated heterocycles. The van der Waals surface area contributed by atoms with Crippen molar-refractivity contribution in [3.63, 3.8) is 0 Å². The van der Waals surface area contributed by atoms with Crippen LogP contribution in [0.2, 0.25) is 0 Å². The smallest absolute Gasteiger partial charge is 0.200 e. The van der Waals surface area contributed by atoms with E-state index in [1.807, 2.05) is 18.8 Å². The SMILES string of the molecule is CCCSc1ccc2nc(NC)[nH]c2c1. The molecule has 1 aromatic carbocycles. The molecule has 0 aliphatic heterocycles. The third-order valence-electron chi connectivity index (χ3n) is 2.16. The Kier molecular flexibility index (Phi) is 3.16. The fraction of sp³-hybridized carbons (Fsp3) is 0.364. The molecule has 2 N–H and O–H groups in total. The minimum atomic E-state index is 0.822. The lowest BCUT2D eigenvalue weighted by Crippen LogP contribution is -1.88. The zero-order valence-corrected chi connectivity index (χ0v) is 9.82. The number of nitrogens with zero attached hydrogens (tertiary/aromatic N) is 1. The molecule has 80 valence electrons. The molecule has 0 saturated carbocycles. The van der Waals surface area contributed by atoms with Crippen LogP contribution in [0.15, 0.2) is 23.1 Å². The average molecular weight is 221 g/mol. The zero-order chi connectivity index (χ0) is 10.7. The van der Waals surface area contributed by atoms with Crippen LogP contribution in [0.1, 0.15) is 13.3 Å². The first-order valence-electron chi connectivity index (χ1n) is 5.14. The van der Waals surface area contributed by atoms with Crippen molar-refractivity contribution in [2.24, 2.45) is 0 Å². The number of hydrogen-bond acceptors (Lipinski definition) is 3. The number of H-pyrrole nitrogens is 1. The van der Waals surface area contributed by atoms with Crippen LogP contribution < -0.4 is 5.32 Å². The van der Waals surface area contributed by atoms with E-state index in [9.17, 15) is 0 Å². The van der Waals surface area contributed by atoms with Crippen LogP contribution in [0.25, 0.3) is 11.0 Å². The molecule has 0 aliphatic carbocycles. The van der Waals surface area contributed by atoms with Crippen LogP contribution in [-0.4, -0.2) is 22.8 Å². The fourth-order valence-corrected chi connectivity index (χ4v) is 2.22. The minimum absolute atomic E-state index is 0.822. The van der Waals surface area contributed by atoms with Gasteiger partial charge in [0.05, 0.1) is 11.0 Å². The highest BCUT2D eigenvalue weighted by Crippen LogP contribution is 2.23. The molecule has 0 unspecified atom stereocenters. The summed E-state index contributed by atoms with van der Waals surface area (Å²) in [5.41, 5.74) is 2.11. The maximum absolute atomic E-state index is 4.38. The normalized spacial score (nSPS) is 10.8. The average Bonchev–Trinajstić information content (AvgIpc) is 2.68. The van der Waals surface area contributed by atoms with Crippen molar-refractivity contribution < 1.29 is 0 Å². The lowest BCUT2D eigenvalue weighted by atomic mass is 10.3. The molecule has 1 heterocycles. The molecule has 2 rings (SSSR count). The summed E-state index contributed by atoms with van der Waals surface area (Å²) in [6.07, 6.45) is 1.20. The largest absolute Gasteiger partial charge is 0.359 e. The Morgan fingerprint density at radius 1 is 1.47 bits per heavy atom. The number of thioether (sulfide) groups is 1. The highest BCUT2D eigenvalue weighted by Gasteiger charge is 2.02. The van der Waals surface area contributed by atoms with Crippen molar-refractivity contribution in [3.05, 3.63) is 18.2 Å². The van der Waals surface area contributed by atoms with E-state index in [1.165, 1.54) is 17.1 Å². The van der Waals surface area contributed by atoms with Gasteiger partial charge in [-0.1, -0.05) is 6.92 Å². The van der Waals surface area contributed by atoms with Gasteiger partial charge in [0.2, 0.25) is 5.95 Å². The summed E-state index contributed by atoms with van der Waals surface area (Å²) in [7, 11) is 1.87. The third kappa shape index (κ3) is 2.26. The monoisotopic (exact) mass is 221 g/mol. The fourth-order valence-electron chi connectivity index (χ4n) is 1.42. The molecule has 1 aromatic heterocycles. The van der Waals surface area contributed by atoms with Crippen LogP contribution in [0.5, 0.6) is 0 Å². The molecule has 0 bridgehead atoms. The van der Waals surface area contributed by atoms with Crippen LogP contribution in [-0.2, 0) is 0 Å². The molecule has 0 aliphatic rings. The van der Waals surface area contributed by atoms with Crippen molar-refractivity contribution in [2.75, 3.05) is 18.1 Å². The Labute approximate surface area is 93.7 Å². The standard InChI is InChI=1S/C11H15N3S/c1-3-6-15-8-4-5-9-10(7-8)14-11(12-2)13-9/h4-5,7H,3,6H2,1-2H3,(H2,12,13,14).